The molecule has 0 spiro atoms. The van der Waals surface area contributed by atoms with E-state index in [2.05, 4.69) is 132 Å². The normalized spacial score (nSPS) is 11.4. The molecule has 0 saturated carbocycles. The average molecular weight is 601 g/mol. The van der Waals surface area contributed by atoms with E-state index in [1.54, 1.807) is 0 Å². The van der Waals surface area contributed by atoms with Crippen LogP contribution in [0, 0.1) is 0 Å². The second kappa shape index (κ2) is 11.2. The van der Waals surface area contributed by atoms with Crippen LogP contribution in [0.3, 0.4) is 0 Å². The van der Waals surface area contributed by atoms with Gasteiger partial charge in [-0.1, -0.05) is 140 Å². The van der Waals surface area contributed by atoms with E-state index in [1.165, 1.54) is 10.8 Å². The van der Waals surface area contributed by atoms with Gasteiger partial charge >= 0.3 is 0 Å². The smallest absolute Gasteiger partial charge is 0.160 e. The van der Waals surface area contributed by atoms with E-state index in [4.69, 9.17) is 15.0 Å². The minimum Gasteiger partial charge on any atom is -0.292 e. The largest absolute Gasteiger partial charge is 0.292 e. The Kier molecular flexibility index (Phi) is 6.43. The molecule has 0 amide bonds. The lowest BCUT2D eigenvalue weighted by Crippen LogP contribution is -1.98. The van der Waals surface area contributed by atoms with E-state index in [0.29, 0.717) is 5.82 Å². The van der Waals surface area contributed by atoms with Gasteiger partial charge in [-0.3, -0.25) is 4.57 Å². The summed E-state index contributed by atoms with van der Waals surface area (Å²) in [6.45, 7) is 0. The van der Waals surface area contributed by atoms with Gasteiger partial charge in [0.1, 0.15) is 5.82 Å². The first kappa shape index (κ1) is 27.0. The van der Waals surface area contributed by atoms with Gasteiger partial charge < -0.3 is 0 Å². The number of fused-ring (bicyclic) bond motifs is 5. The van der Waals surface area contributed by atoms with Crippen molar-refractivity contribution in [1.82, 2.24) is 19.5 Å². The Labute approximate surface area is 272 Å². The molecule has 0 fully saturated rings. The highest BCUT2D eigenvalue weighted by Crippen LogP contribution is 2.38. The first-order valence-electron chi connectivity index (χ1n) is 15.8. The van der Waals surface area contributed by atoms with Crippen molar-refractivity contribution in [2.24, 2.45) is 0 Å². The molecule has 9 rings (SSSR count). The fourth-order valence-electron chi connectivity index (χ4n) is 6.55. The molecule has 4 nitrogen and oxygen atoms in total. The van der Waals surface area contributed by atoms with Gasteiger partial charge in [0.15, 0.2) is 5.82 Å². The fourth-order valence-corrected chi connectivity index (χ4v) is 6.55. The van der Waals surface area contributed by atoms with E-state index in [-0.39, 0.29) is 0 Å². The predicted octanol–water partition coefficient (Wildman–Crippen LogP) is 10.8. The molecule has 7 aromatic carbocycles. The van der Waals surface area contributed by atoms with Gasteiger partial charge in [-0.05, 0) is 46.5 Å². The minimum absolute atomic E-state index is 0.700. The van der Waals surface area contributed by atoms with Crippen LogP contribution in [0.2, 0.25) is 0 Å². The van der Waals surface area contributed by atoms with Crippen LogP contribution in [0.15, 0.2) is 170 Å². The zero-order valence-corrected chi connectivity index (χ0v) is 25.5. The van der Waals surface area contributed by atoms with Crippen LogP contribution in [0.1, 0.15) is 0 Å². The topological polar surface area (TPSA) is 43.6 Å². The molecule has 47 heavy (non-hydrogen) atoms. The van der Waals surface area contributed by atoms with Crippen molar-refractivity contribution < 1.29 is 0 Å². The highest BCUT2D eigenvalue weighted by molar-refractivity contribution is 6.19. The van der Waals surface area contributed by atoms with Crippen LogP contribution in [0.5, 0.6) is 0 Å². The lowest BCUT2D eigenvalue weighted by atomic mass is 9.98. The Balaban J connectivity index is 1.28. The van der Waals surface area contributed by atoms with Gasteiger partial charge in [-0.2, -0.15) is 0 Å². The SMILES string of the molecule is c1ccc(-c2cc(-c3ccccc3)nc(-c3ccc4c(ccc5ccc6nc(-c7ccccc7)n(-c7ccccc7)c6c54)c3)n2)cc1. The van der Waals surface area contributed by atoms with Crippen LogP contribution in [0.4, 0.5) is 0 Å². The molecule has 0 radical (unpaired) electrons. The quantitative estimate of drug-likeness (QED) is 0.185. The molecular weight excluding hydrogens is 573 g/mol. The van der Waals surface area contributed by atoms with Crippen LogP contribution in [-0.4, -0.2) is 19.5 Å². The highest BCUT2D eigenvalue weighted by atomic mass is 15.1. The lowest BCUT2D eigenvalue weighted by molar-refractivity contribution is 1.11. The van der Waals surface area contributed by atoms with Crippen LogP contribution >= 0.6 is 0 Å². The number of rotatable bonds is 5. The van der Waals surface area contributed by atoms with Crippen LogP contribution < -0.4 is 0 Å². The molecular formula is C43H28N4. The first-order valence-corrected chi connectivity index (χ1v) is 15.8. The molecule has 0 aliphatic rings. The van der Waals surface area contributed by atoms with Gasteiger partial charge in [0.05, 0.1) is 22.4 Å². The van der Waals surface area contributed by atoms with Crippen LogP contribution in [0.25, 0.3) is 83.6 Å². The monoisotopic (exact) mass is 600 g/mol. The average Bonchev–Trinajstić information content (AvgIpc) is 3.56. The number of aromatic nitrogens is 4. The van der Waals surface area contributed by atoms with Gasteiger partial charge in [-0.25, -0.2) is 15.0 Å². The summed E-state index contributed by atoms with van der Waals surface area (Å²) in [4.78, 5) is 15.4. The molecule has 0 aliphatic carbocycles. The first-order chi connectivity index (χ1) is 23.3. The van der Waals surface area contributed by atoms with E-state index in [9.17, 15) is 0 Å². The molecule has 220 valence electrons. The maximum absolute atomic E-state index is 5.20. The van der Waals surface area contributed by atoms with E-state index < -0.39 is 0 Å². The molecule has 0 N–H and O–H groups in total. The van der Waals surface area contributed by atoms with Crippen LogP contribution in [-0.2, 0) is 0 Å². The summed E-state index contributed by atoms with van der Waals surface area (Å²) in [6.07, 6.45) is 0. The van der Waals surface area contributed by atoms with Crippen molar-refractivity contribution in [3.05, 3.63) is 170 Å². The standard InChI is InChI=1S/C43H28N4/c1-5-13-29(14-6-1)38-28-39(30-15-7-2-8-16-30)45-42(44-38)34-23-25-36-33(27-34)22-21-31-24-26-37-41(40(31)36)47(35-19-11-4-12-20-35)43(46-37)32-17-9-3-10-18-32/h1-28H. The maximum Gasteiger partial charge on any atom is 0.160 e. The molecule has 0 aliphatic heterocycles. The third-order valence-corrected chi connectivity index (χ3v) is 8.78. The highest BCUT2D eigenvalue weighted by Gasteiger charge is 2.19. The Bertz CT molecular complexity index is 2480. The third-order valence-electron chi connectivity index (χ3n) is 8.78. The number of para-hydroxylation sites is 1. The second-order valence-electron chi connectivity index (χ2n) is 11.7. The van der Waals surface area contributed by atoms with E-state index in [0.717, 1.165) is 67.0 Å². The summed E-state index contributed by atoms with van der Waals surface area (Å²) in [6, 6.07) is 59.0. The molecule has 0 unspecified atom stereocenters. The zero-order chi connectivity index (χ0) is 31.2. The Morgan fingerprint density at radius 1 is 0.404 bits per heavy atom. The van der Waals surface area contributed by atoms with Gasteiger partial charge in [0, 0.05) is 33.3 Å². The zero-order valence-electron chi connectivity index (χ0n) is 25.5. The molecule has 0 saturated heterocycles. The molecule has 4 heteroatoms. The lowest BCUT2D eigenvalue weighted by Gasteiger charge is -2.13. The summed E-state index contributed by atoms with van der Waals surface area (Å²) in [5.41, 5.74) is 9.10. The molecule has 0 bridgehead atoms. The van der Waals surface area contributed by atoms with Crippen molar-refractivity contribution in [3.8, 4) is 51.0 Å². The summed E-state index contributed by atoms with van der Waals surface area (Å²) >= 11 is 0. The Hall–Kier alpha value is -6.39. The van der Waals surface area contributed by atoms with Crippen molar-refractivity contribution >= 4 is 32.6 Å². The molecule has 2 heterocycles. The van der Waals surface area contributed by atoms with E-state index in [1.807, 2.05) is 42.5 Å². The van der Waals surface area contributed by atoms with Crippen molar-refractivity contribution in [1.29, 1.82) is 0 Å². The van der Waals surface area contributed by atoms with Gasteiger partial charge in [0.25, 0.3) is 0 Å². The molecule has 0 atom stereocenters. The van der Waals surface area contributed by atoms with Gasteiger partial charge in [0.2, 0.25) is 0 Å². The number of imidazole rings is 1. The van der Waals surface area contributed by atoms with E-state index >= 15 is 0 Å². The summed E-state index contributed by atoms with van der Waals surface area (Å²) < 4.78 is 2.30. The Morgan fingerprint density at radius 3 is 1.60 bits per heavy atom. The number of hydrogen-bond acceptors (Lipinski definition) is 3. The van der Waals surface area contributed by atoms with Crippen molar-refractivity contribution in [2.45, 2.75) is 0 Å². The second-order valence-corrected chi connectivity index (χ2v) is 11.7. The van der Waals surface area contributed by atoms with Crippen molar-refractivity contribution in [3.63, 3.8) is 0 Å². The third kappa shape index (κ3) is 4.75. The maximum atomic E-state index is 5.20. The Morgan fingerprint density at radius 2 is 0.957 bits per heavy atom. The summed E-state index contributed by atoms with van der Waals surface area (Å²) in [7, 11) is 0. The molecule has 9 aromatic rings. The number of benzene rings is 7. The van der Waals surface area contributed by atoms with Gasteiger partial charge in [-0.15, -0.1) is 0 Å². The summed E-state index contributed by atoms with van der Waals surface area (Å²) in [5.74, 6) is 1.62. The summed E-state index contributed by atoms with van der Waals surface area (Å²) in [5, 5.41) is 4.63. The predicted molar refractivity (Wildman–Crippen MR) is 193 cm³/mol. The molecule has 2 aromatic heterocycles. The minimum atomic E-state index is 0.700. The number of nitrogens with zero attached hydrogens (tertiary/aromatic N) is 4. The van der Waals surface area contributed by atoms with Crippen molar-refractivity contribution in [2.75, 3.05) is 0 Å². The fraction of sp³-hybridized carbons (Fsp3) is 0. The number of hydrogen-bond donors (Lipinski definition) is 0.